The maximum atomic E-state index is 12.0. The fourth-order valence-corrected chi connectivity index (χ4v) is 4.71. The van der Waals surface area contributed by atoms with Crippen molar-refractivity contribution in [3.63, 3.8) is 0 Å². The minimum Gasteiger partial charge on any atom is -0.490 e. The zero-order valence-electron chi connectivity index (χ0n) is 16.0. The van der Waals surface area contributed by atoms with Crippen LogP contribution in [0.4, 0.5) is 0 Å². The SMILES string of the molecule is O=C1C[C@@H]2C(C3=CC(Cc4ccccc4)O3)[C@@H](OCc3ccccc3)[C@@H](O1)[C@H]2O. The Labute approximate surface area is 169 Å². The fraction of sp³-hybridized carbons (Fsp3) is 0.375. The van der Waals surface area contributed by atoms with E-state index in [4.69, 9.17) is 14.2 Å². The maximum Gasteiger partial charge on any atom is 0.306 e. The molecule has 1 aliphatic carbocycles. The van der Waals surface area contributed by atoms with Gasteiger partial charge in [0.1, 0.15) is 18.0 Å². The first-order chi connectivity index (χ1) is 14.2. The van der Waals surface area contributed by atoms with Gasteiger partial charge in [0.15, 0.2) is 6.10 Å². The monoisotopic (exact) mass is 392 g/mol. The maximum absolute atomic E-state index is 12.0. The van der Waals surface area contributed by atoms with Gasteiger partial charge in [0.25, 0.3) is 0 Å². The van der Waals surface area contributed by atoms with Gasteiger partial charge in [0.2, 0.25) is 0 Å². The van der Waals surface area contributed by atoms with E-state index in [1.807, 2.05) is 48.5 Å². The predicted molar refractivity (Wildman–Crippen MR) is 106 cm³/mol. The van der Waals surface area contributed by atoms with Crippen LogP contribution < -0.4 is 0 Å². The molecule has 2 heterocycles. The number of aliphatic hydroxyl groups excluding tert-OH is 1. The highest BCUT2D eigenvalue weighted by Crippen LogP contribution is 2.48. The van der Waals surface area contributed by atoms with E-state index in [1.165, 1.54) is 5.56 Å². The van der Waals surface area contributed by atoms with Crippen LogP contribution in [0.15, 0.2) is 72.5 Å². The average Bonchev–Trinajstić information content (AvgIpc) is 2.86. The molecule has 5 rings (SSSR count). The minimum atomic E-state index is -0.726. The number of fused-ring (bicyclic) bond motifs is 2. The molecule has 29 heavy (non-hydrogen) atoms. The van der Waals surface area contributed by atoms with Crippen LogP contribution >= 0.6 is 0 Å². The molecule has 0 amide bonds. The van der Waals surface area contributed by atoms with Crippen molar-refractivity contribution >= 4 is 5.97 Å². The average molecular weight is 392 g/mol. The molecule has 6 atom stereocenters. The van der Waals surface area contributed by atoms with Gasteiger partial charge in [-0.2, -0.15) is 0 Å². The third kappa shape index (κ3) is 3.56. The van der Waals surface area contributed by atoms with E-state index >= 15 is 0 Å². The van der Waals surface area contributed by atoms with Crippen molar-refractivity contribution in [1.29, 1.82) is 0 Å². The Balaban J connectivity index is 1.33. The molecule has 1 saturated carbocycles. The van der Waals surface area contributed by atoms with Crippen molar-refractivity contribution in [1.82, 2.24) is 0 Å². The Bertz CT molecular complexity index is 894. The summed E-state index contributed by atoms with van der Waals surface area (Å²) in [6, 6.07) is 20.1. The van der Waals surface area contributed by atoms with E-state index in [1.54, 1.807) is 0 Å². The molecule has 2 bridgehead atoms. The van der Waals surface area contributed by atoms with Crippen molar-refractivity contribution in [3.8, 4) is 0 Å². The van der Waals surface area contributed by atoms with Crippen LogP contribution in [-0.4, -0.2) is 35.5 Å². The summed E-state index contributed by atoms with van der Waals surface area (Å²) in [6.45, 7) is 0.399. The summed E-state index contributed by atoms with van der Waals surface area (Å²) in [7, 11) is 0. The molecular weight excluding hydrogens is 368 g/mol. The number of ether oxygens (including phenoxy) is 3. The number of benzene rings is 2. The Hall–Kier alpha value is -2.63. The second kappa shape index (κ2) is 7.65. The lowest BCUT2D eigenvalue weighted by molar-refractivity contribution is -0.171. The third-order valence-corrected chi connectivity index (χ3v) is 6.12. The lowest BCUT2D eigenvalue weighted by Crippen LogP contribution is -2.41. The molecule has 150 valence electrons. The summed E-state index contributed by atoms with van der Waals surface area (Å²) in [5, 5.41) is 10.7. The molecular formula is C24H24O5. The number of carbonyl (C=O) groups is 1. The first kappa shape index (κ1) is 18.4. The van der Waals surface area contributed by atoms with Gasteiger partial charge in [0.05, 0.1) is 25.0 Å². The van der Waals surface area contributed by atoms with Crippen molar-refractivity contribution in [2.24, 2.45) is 11.8 Å². The molecule has 3 aliphatic rings. The highest BCUT2D eigenvalue weighted by Gasteiger charge is 2.59. The van der Waals surface area contributed by atoms with Gasteiger partial charge in [-0.3, -0.25) is 4.79 Å². The Morgan fingerprint density at radius 2 is 1.62 bits per heavy atom. The van der Waals surface area contributed by atoms with Crippen LogP contribution in [0.1, 0.15) is 17.5 Å². The minimum absolute atomic E-state index is 0.0105. The normalized spacial score (nSPS) is 32.7. The summed E-state index contributed by atoms with van der Waals surface area (Å²) in [6.07, 6.45) is 1.33. The summed E-state index contributed by atoms with van der Waals surface area (Å²) >= 11 is 0. The topological polar surface area (TPSA) is 65.0 Å². The molecule has 2 aromatic carbocycles. The van der Waals surface area contributed by atoms with Gasteiger partial charge in [-0.05, 0) is 17.2 Å². The number of hydrogen-bond acceptors (Lipinski definition) is 5. The Morgan fingerprint density at radius 1 is 0.966 bits per heavy atom. The molecule has 2 fully saturated rings. The number of carbonyl (C=O) groups excluding carboxylic acids is 1. The highest BCUT2D eigenvalue weighted by molar-refractivity contribution is 5.72. The molecule has 0 aromatic heterocycles. The van der Waals surface area contributed by atoms with E-state index in [2.05, 4.69) is 18.2 Å². The van der Waals surface area contributed by atoms with Crippen molar-refractivity contribution < 1.29 is 24.1 Å². The molecule has 5 heteroatoms. The Kier molecular flexibility index (Phi) is 4.86. The van der Waals surface area contributed by atoms with Crippen LogP contribution in [0.25, 0.3) is 0 Å². The van der Waals surface area contributed by atoms with Crippen LogP contribution in [0.2, 0.25) is 0 Å². The molecule has 0 radical (unpaired) electrons. The van der Waals surface area contributed by atoms with Gasteiger partial charge < -0.3 is 19.3 Å². The molecule has 1 N–H and O–H groups in total. The predicted octanol–water partition coefficient (Wildman–Crippen LogP) is 3.02. The largest absolute Gasteiger partial charge is 0.490 e. The Morgan fingerprint density at radius 3 is 2.31 bits per heavy atom. The van der Waals surface area contributed by atoms with E-state index < -0.39 is 18.3 Å². The van der Waals surface area contributed by atoms with Crippen LogP contribution in [0.5, 0.6) is 0 Å². The number of esters is 1. The number of rotatable bonds is 6. The van der Waals surface area contributed by atoms with Gasteiger partial charge in [-0.15, -0.1) is 0 Å². The zero-order chi connectivity index (χ0) is 19.8. The number of aliphatic hydroxyl groups is 1. The quantitative estimate of drug-likeness (QED) is 0.766. The van der Waals surface area contributed by atoms with E-state index in [-0.39, 0.29) is 30.3 Å². The molecule has 5 nitrogen and oxygen atoms in total. The van der Waals surface area contributed by atoms with E-state index in [0.29, 0.717) is 6.61 Å². The summed E-state index contributed by atoms with van der Waals surface area (Å²) in [5.74, 6) is 0.138. The van der Waals surface area contributed by atoms with Crippen LogP contribution in [0, 0.1) is 11.8 Å². The molecule has 2 aromatic rings. The molecule has 1 saturated heterocycles. The molecule has 0 spiro atoms. The lowest BCUT2D eigenvalue weighted by Gasteiger charge is -2.35. The summed E-state index contributed by atoms with van der Waals surface area (Å²) < 4.78 is 17.8. The van der Waals surface area contributed by atoms with Crippen molar-refractivity contribution in [2.45, 2.75) is 43.9 Å². The van der Waals surface area contributed by atoms with E-state index in [9.17, 15) is 9.90 Å². The molecule has 2 unspecified atom stereocenters. The summed E-state index contributed by atoms with van der Waals surface area (Å²) in [5.41, 5.74) is 2.26. The second-order valence-electron chi connectivity index (χ2n) is 8.02. The standard InChI is InChI=1S/C24H24O5/c25-20-13-18-21(19-12-17(28-19)11-15-7-3-1-4-8-15)23(24(29-20)22(18)26)27-14-16-9-5-2-6-10-16/h1-10,12,17-18,21-24,26H,11,13-14H2/t17?,18-,21?,22+,23-,24+/m1/s1. The van der Waals surface area contributed by atoms with Crippen LogP contribution in [0.3, 0.4) is 0 Å². The lowest BCUT2D eigenvalue weighted by atomic mass is 9.86. The fourth-order valence-electron chi connectivity index (χ4n) is 4.71. The van der Waals surface area contributed by atoms with Gasteiger partial charge in [0, 0.05) is 12.3 Å². The smallest absolute Gasteiger partial charge is 0.306 e. The van der Waals surface area contributed by atoms with Gasteiger partial charge >= 0.3 is 5.97 Å². The third-order valence-electron chi connectivity index (χ3n) is 6.12. The zero-order valence-corrected chi connectivity index (χ0v) is 16.0. The van der Waals surface area contributed by atoms with Gasteiger partial charge in [-0.25, -0.2) is 0 Å². The van der Waals surface area contributed by atoms with E-state index in [0.717, 1.165) is 17.7 Å². The second-order valence-corrected chi connectivity index (χ2v) is 8.02. The first-order valence-corrected chi connectivity index (χ1v) is 10.1. The summed E-state index contributed by atoms with van der Waals surface area (Å²) in [4.78, 5) is 12.0. The van der Waals surface area contributed by atoms with Gasteiger partial charge in [-0.1, -0.05) is 60.7 Å². The first-order valence-electron chi connectivity index (χ1n) is 10.1. The molecule has 2 aliphatic heterocycles. The van der Waals surface area contributed by atoms with Crippen molar-refractivity contribution in [3.05, 3.63) is 83.6 Å². The highest BCUT2D eigenvalue weighted by atomic mass is 16.6. The van der Waals surface area contributed by atoms with Crippen LogP contribution in [-0.2, 0) is 32.0 Å². The number of hydrogen-bond donors (Lipinski definition) is 1. The van der Waals surface area contributed by atoms with Crippen molar-refractivity contribution in [2.75, 3.05) is 0 Å².